The summed E-state index contributed by atoms with van der Waals surface area (Å²) in [6, 6.07) is 4.33. The fourth-order valence-corrected chi connectivity index (χ4v) is 0.989. The van der Waals surface area contributed by atoms with Crippen molar-refractivity contribution in [3.05, 3.63) is 34.9 Å². The molecule has 12 heavy (non-hydrogen) atoms. The van der Waals surface area contributed by atoms with Crippen molar-refractivity contribution in [3.63, 3.8) is 0 Å². The molecule has 0 aliphatic heterocycles. The molecule has 0 aromatic heterocycles. The highest BCUT2D eigenvalue weighted by Crippen LogP contribution is 2.08. The van der Waals surface area contributed by atoms with Gasteiger partial charge in [0.25, 0.3) is 0 Å². The smallest absolute Gasteiger partial charge is 0.150 e. The second kappa shape index (κ2) is 3.17. The first-order chi connectivity index (χ1) is 5.65. The Balaban J connectivity index is 3.20. The molecule has 3 heteroatoms. The number of carbonyl (C=O) groups is 2. The molecule has 0 aliphatic carbocycles. The minimum Gasteiger partial charge on any atom is -0.545 e. The molecule has 62 valence electrons. The summed E-state index contributed by atoms with van der Waals surface area (Å²) >= 11 is 0. The SMILES string of the molecule is Cc1cc(C=O)ccc1C(=O)[O-]. The van der Waals surface area contributed by atoms with Gasteiger partial charge < -0.3 is 9.90 Å². The van der Waals surface area contributed by atoms with Gasteiger partial charge in [0.1, 0.15) is 6.29 Å². The summed E-state index contributed by atoms with van der Waals surface area (Å²) in [6.07, 6.45) is 0.673. The van der Waals surface area contributed by atoms with Crippen LogP contribution in [0.3, 0.4) is 0 Å². The number of hydrogen-bond acceptors (Lipinski definition) is 3. The molecule has 0 fully saturated rings. The number of benzene rings is 1. The number of aromatic carboxylic acids is 1. The van der Waals surface area contributed by atoms with Crippen LogP contribution in [0.2, 0.25) is 0 Å². The first kappa shape index (κ1) is 8.46. The lowest BCUT2D eigenvalue weighted by molar-refractivity contribution is -0.255. The van der Waals surface area contributed by atoms with Crippen molar-refractivity contribution in [1.29, 1.82) is 0 Å². The van der Waals surface area contributed by atoms with E-state index in [2.05, 4.69) is 0 Å². The number of carboxylic acids is 1. The number of aryl methyl sites for hydroxylation is 1. The van der Waals surface area contributed by atoms with E-state index in [1.807, 2.05) is 0 Å². The van der Waals surface area contributed by atoms with Gasteiger partial charge in [-0.15, -0.1) is 0 Å². The molecule has 1 aromatic carbocycles. The summed E-state index contributed by atoms with van der Waals surface area (Å²) in [7, 11) is 0. The van der Waals surface area contributed by atoms with Crippen molar-refractivity contribution in [2.24, 2.45) is 0 Å². The lowest BCUT2D eigenvalue weighted by atomic mass is 10.1. The predicted molar refractivity (Wildman–Crippen MR) is 40.9 cm³/mol. The van der Waals surface area contributed by atoms with Crippen LogP contribution >= 0.6 is 0 Å². The van der Waals surface area contributed by atoms with Gasteiger partial charge in [-0.1, -0.05) is 12.1 Å². The maximum atomic E-state index is 10.4. The van der Waals surface area contributed by atoms with Crippen molar-refractivity contribution >= 4 is 12.3 Å². The van der Waals surface area contributed by atoms with E-state index in [0.717, 1.165) is 0 Å². The fraction of sp³-hybridized carbons (Fsp3) is 0.111. The number of hydrogen-bond donors (Lipinski definition) is 0. The van der Waals surface area contributed by atoms with E-state index in [9.17, 15) is 14.7 Å². The van der Waals surface area contributed by atoms with E-state index in [1.54, 1.807) is 6.92 Å². The zero-order valence-electron chi connectivity index (χ0n) is 6.53. The molecule has 0 saturated heterocycles. The van der Waals surface area contributed by atoms with Gasteiger partial charge in [0.15, 0.2) is 0 Å². The minimum atomic E-state index is -1.22. The number of aldehydes is 1. The zero-order valence-corrected chi connectivity index (χ0v) is 6.53. The van der Waals surface area contributed by atoms with Crippen molar-refractivity contribution in [2.45, 2.75) is 6.92 Å². The monoisotopic (exact) mass is 163 g/mol. The third-order valence-electron chi connectivity index (χ3n) is 1.61. The number of carbonyl (C=O) groups excluding carboxylic acids is 2. The van der Waals surface area contributed by atoms with E-state index in [4.69, 9.17) is 0 Å². The Kier molecular flexibility index (Phi) is 2.24. The van der Waals surface area contributed by atoms with E-state index < -0.39 is 5.97 Å². The molecule has 0 saturated carbocycles. The quantitative estimate of drug-likeness (QED) is 0.584. The van der Waals surface area contributed by atoms with Gasteiger partial charge >= 0.3 is 0 Å². The van der Waals surface area contributed by atoms with E-state index in [-0.39, 0.29) is 5.56 Å². The van der Waals surface area contributed by atoms with Crippen molar-refractivity contribution in [2.75, 3.05) is 0 Å². The molecule has 0 radical (unpaired) electrons. The standard InChI is InChI=1S/C9H8O3/c1-6-4-7(5-10)2-3-8(6)9(11)12/h2-5H,1H3,(H,11,12)/p-1. The van der Waals surface area contributed by atoms with E-state index >= 15 is 0 Å². The summed E-state index contributed by atoms with van der Waals surface area (Å²) in [5, 5.41) is 10.4. The van der Waals surface area contributed by atoms with Crippen molar-refractivity contribution in [1.82, 2.24) is 0 Å². The molecular weight excluding hydrogens is 156 g/mol. The molecule has 0 amide bonds. The second-order valence-electron chi connectivity index (χ2n) is 2.48. The predicted octanol–water partition coefficient (Wildman–Crippen LogP) is 0.171. The molecule has 0 bridgehead atoms. The lowest BCUT2D eigenvalue weighted by Crippen LogP contribution is -2.23. The summed E-state index contributed by atoms with van der Waals surface area (Å²) in [6.45, 7) is 1.62. The molecule has 1 aromatic rings. The van der Waals surface area contributed by atoms with Crippen LogP contribution in [-0.4, -0.2) is 12.3 Å². The summed E-state index contributed by atoms with van der Waals surface area (Å²) in [5.41, 5.74) is 1.14. The van der Waals surface area contributed by atoms with Crippen LogP contribution in [0.25, 0.3) is 0 Å². The van der Waals surface area contributed by atoms with Crippen molar-refractivity contribution < 1.29 is 14.7 Å². The Morgan fingerprint density at radius 1 is 1.50 bits per heavy atom. The molecule has 0 N–H and O–H groups in total. The number of carboxylic acid groups (broad SMARTS) is 1. The van der Waals surface area contributed by atoms with Gasteiger partial charge in [0.05, 0.1) is 5.97 Å². The third-order valence-corrected chi connectivity index (χ3v) is 1.61. The van der Waals surface area contributed by atoms with Gasteiger partial charge in [0, 0.05) is 11.1 Å². The Morgan fingerprint density at radius 3 is 2.58 bits per heavy atom. The van der Waals surface area contributed by atoms with Gasteiger partial charge in [-0.2, -0.15) is 0 Å². The zero-order chi connectivity index (χ0) is 9.14. The van der Waals surface area contributed by atoms with Gasteiger partial charge in [-0.3, -0.25) is 4.79 Å². The molecule has 0 atom stereocenters. The Labute approximate surface area is 69.6 Å². The maximum absolute atomic E-state index is 10.4. The van der Waals surface area contributed by atoms with Crippen LogP contribution in [0.4, 0.5) is 0 Å². The molecule has 0 heterocycles. The average molecular weight is 163 g/mol. The number of rotatable bonds is 2. The van der Waals surface area contributed by atoms with Gasteiger partial charge in [-0.25, -0.2) is 0 Å². The van der Waals surface area contributed by atoms with Crippen LogP contribution in [-0.2, 0) is 0 Å². The molecular formula is C9H7O3-. The van der Waals surface area contributed by atoms with Crippen LogP contribution in [0.5, 0.6) is 0 Å². The van der Waals surface area contributed by atoms with Crippen molar-refractivity contribution in [3.8, 4) is 0 Å². The Hall–Kier alpha value is -1.64. The fourth-order valence-electron chi connectivity index (χ4n) is 0.989. The molecule has 0 unspecified atom stereocenters. The topological polar surface area (TPSA) is 57.2 Å². The van der Waals surface area contributed by atoms with E-state index in [1.165, 1.54) is 18.2 Å². The molecule has 0 spiro atoms. The van der Waals surface area contributed by atoms with Crippen LogP contribution in [0, 0.1) is 6.92 Å². The average Bonchev–Trinajstić information content (AvgIpc) is 2.03. The summed E-state index contributed by atoms with van der Waals surface area (Å²) < 4.78 is 0. The highest BCUT2D eigenvalue weighted by Gasteiger charge is 1.99. The summed E-state index contributed by atoms with van der Waals surface area (Å²) in [4.78, 5) is 20.7. The molecule has 1 rings (SSSR count). The largest absolute Gasteiger partial charge is 0.545 e. The molecule has 0 aliphatic rings. The summed E-state index contributed by atoms with van der Waals surface area (Å²) in [5.74, 6) is -1.22. The van der Waals surface area contributed by atoms with Crippen LogP contribution < -0.4 is 5.11 Å². The normalized spacial score (nSPS) is 9.42. The first-order valence-corrected chi connectivity index (χ1v) is 3.42. The Morgan fingerprint density at radius 2 is 2.17 bits per heavy atom. The highest BCUT2D eigenvalue weighted by molar-refractivity contribution is 5.89. The molecule has 3 nitrogen and oxygen atoms in total. The van der Waals surface area contributed by atoms with Gasteiger partial charge in [0.2, 0.25) is 0 Å². The minimum absolute atomic E-state index is 0.126. The maximum Gasteiger partial charge on any atom is 0.150 e. The highest BCUT2D eigenvalue weighted by atomic mass is 16.4. The second-order valence-corrected chi connectivity index (χ2v) is 2.48. The van der Waals surface area contributed by atoms with E-state index in [0.29, 0.717) is 17.4 Å². The lowest BCUT2D eigenvalue weighted by Gasteiger charge is -2.05. The third kappa shape index (κ3) is 1.50. The van der Waals surface area contributed by atoms with Gasteiger partial charge in [-0.05, 0) is 18.6 Å². The van der Waals surface area contributed by atoms with Crippen LogP contribution in [0.1, 0.15) is 26.3 Å². The van der Waals surface area contributed by atoms with Crippen LogP contribution in [0.15, 0.2) is 18.2 Å². The Bertz CT molecular complexity index is 329. The first-order valence-electron chi connectivity index (χ1n) is 3.42.